The zero-order valence-corrected chi connectivity index (χ0v) is 16.3. The first-order valence-corrected chi connectivity index (χ1v) is 9.94. The molecule has 8 heteroatoms. The molecule has 2 heterocycles. The summed E-state index contributed by atoms with van der Waals surface area (Å²) in [6.07, 6.45) is 6.21. The SMILES string of the molecule is CCCn1c(=O)c2ccc(C(=O)NC3CCCCC3)cc2n2c(=O)n(C)nc12. The van der Waals surface area contributed by atoms with Gasteiger partial charge in [0.25, 0.3) is 11.5 Å². The highest BCUT2D eigenvalue weighted by Gasteiger charge is 2.20. The molecule has 1 amide bonds. The van der Waals surface area contributed by atoms with Gasteiger partial charge in [-0.1, -0.05) is 26.2 Å². The molecule has 0 aliphatic heterocycles. The molecular formula is C20H25N5O3. The Labute approximate surface area is 161 Å². The van der Waals surface area contributed by atoms with Gasteiger partial charge >= 0.3 is 5.69 Å². The van der Waals surface area contributed by atoms with Crippen LogP contribution in [0.1, 0.15) is 55.8 Å². The van der Waals surface area contributed by atoms with E-state index in [-0.39, 0.29) is 23.2 Å². The van der Waals surface area contributed by atoms with E-state index in [2.05, 4.69) is 10.4 Å². The van der Waals surface area contributed by atoms with Crippen LogP contribution in [0.3, 0.4) is 0 Å². The molecule has 0 atom stereocenters. The number of carbonyl (C=O) groups excluding carboxylic acids is 1. The Hall–Kier alpha value is -2.90. The van der Waals surface area contributed by atoms with Crippen molar-refractivity contribution in [2.75, 3.05) is 0 Å². The molecule has 4 rings (SSSR count). The van der Waals surface area contributed by atoms with Gasteiger partial charge in [0, 0.05) is 25.2 Å². The van der Waals surface area contributed by atoms with Crippen LogP contribution in [-0.2, 0) is 13.6 Å². The molecule has 0 spiro atoms. The summed E-state index contributed by atoms with van der Waals surface area (Å²) < 4.78 is 4.16. The third-order valence-corrected chi connectivity index (χ3v) is 5.51. The molecule has 28 heavy (non-hydrogen) atoms. The van der Waals surface area contributed by atoms with Crippen LogP contribution in [0.2, 0.25) is 0 Å². The number of rotatable bonds is 4. The molecule has 1 saturated carbocycles. The molecule has 1 aliphatic carbocycles. The molecule has 1 aliphatic rings. The smallest absolute Gasteiger partial charge is 0.349 e. The normalized spacial score (nSPS) is 15.4. The zero-order chi connectivity index (χ0) is 19.8. The van der Waals surface area contributed by atoms with E-state index in [0.717, 1.165) is 32.1 Å². The van der Waals surface area contributed by atoms with E-state index in [1.54, 1.807) is 25.2 Å². The first kappa shape index (κ1) is 18.5. The lowest BCUT2D eigenvalue weighted by Crippen LogP contribution is -2.36. The lowest BCUT2D eigenvalue weighted by Gasteiger charge is -2.22. The van der Waals surface area contributed by atoms with Crippen LogP contribution in [0, 0.1) is 0 Å². The second kappa shape index (κ2) is 7.26. The Kier molecular flexibility index (Phi) is 4.78. The molecule has 1 aromatic carbocycles. The lowest BCUT2D eigenvalue weighted by atomic mass is 9.95. The number of benzene rings is 1. The minimum absolute atomic E-state index is 0.170. The minimum atomic E-state index is -0.338. The van der Waals surface area contributed by atoms with Gasteiger partial charge in [-0.25, -0.2) is 13.9 Å². The van der Waals surface area contributed by atoms with E-state index in [4.69, 9.17) is 0 Å². The summed E-state index contributed by atoms with van der Waals surface area (Å²) in [7, 11) is 1.56. The topological polar surface area (TPSA) is 90.4 Å². The van der Waals surface area contributed by atoms with E-state index < -0.39 is 0 Å². The summed E-state index contributed by atoms with van der Waals surface area (Å²) in [5.74, 6) is 0.133. The van der Waals surface area contributed by atoms with Crippen LogP contribution in [0.5, 0.6) is 0 Å². The average Bonchev–Trinajstić information content (AvgIpc) is 3.00. The fraction of sp³-hybridized carbons (Fsp3) is 0.500. The zero-order valence-electron chi connectivity index (χ0n) is 16.3. The van der Waals surface area contributed by atoms with Crippen LogP contribution in [0.15, 0.2) is 27.8 Å². The maximum Gasteiger partial charge on any atom is 0.351 e. The van der Waals surface area contributed by atoms with Crippen LogP contribution in [0.4, 0.5) is 0 Å². The highest BCUT2D eigenvalue weighted by molar-refractivity contribution is 5.98. The molecule has 1 fully saturated rings. The number of nitrogens with one attached hydrogen (secondary N) is 1. The van der Waals surface area contributed by atoms with E-state index in [1.807, 2.05) is 6.92 Å². The number of nitrogens with zero attached hydrogens (tertiary/aromatic N) is 4. The number of amides is 1. The van der Waals surface area contributed by atoms with E-state index >= 15 is 0 Å². The number of fused-ring (bicyclic) bond motifs is 3. The monoisotopic (exact) mass is 383 g/mol. The predicted molar refractivity (Wildman–Crippen MR) is 107 cm³/mol. The third-order valence-electron chi connectivity index (χ3n) is 5.51. The van der Waals surface area contributed by atoms with Crippen molar-refractivity contribution < 1.29 is 4.79 Å². The van der Waals surface area contributed by atoms with Gasteiger partial charge in [0.2, 0.25) is 5.78 Å². The summed E-state index contributed by atoms with van der Waals surface area (Å²) in [6, 6.07) is 5.11. The fourth-order valence-corrected chi connectivity index (χ4v) is 4.05. The molecule has 2 aromatic heterocycles. The van der Waals surface area contributed by atoms with Crippen LogP contribution in [-0.4, -0.2) is 30.7 Å². The fourth-order valence-electron chi connectivity index (χ4n) is 4.05. The van der Waals surface area contributed by atoms with Crippen molar-refractivity contribution in [2.45, 2.75) is 58.0 Å². The molecular weight excluding hydrogens is 358 g/mol. The highest BCUT2D eigenvalue weighted by Crippen LogP contribution is 2.19. The van der Waals surface area contributed by atoms with E-state index in [0.29, 0.717) is 28.8 Å². The van der Waals surface area contributed by atoms with Crippen molar-refractivity contribution in [3.8, 4) is 0 Å². The third kappa shape index (κ3) is 3.02. The minimum Gasteiger partial charge on any atom is -0.349 e. The lowest BCUT2D eigenvalue weighted by molar-refractivity contribution is 0.0928. The van der Waals surface area contributed by atoms with Gasteiger partial charge in [0.1, 0.15) is 0 Å². The molecule has 0 bridgehead atoms. The molecule has 0 radical (unpaired) electrons. The summed E-state index contributed by atoms with van der Waals surface area (Å²) in [5, 5.41) is 7.73. The van der Waals surface area contributed by atoms with Crippen LogP contribution >= 0.6 is 0 Å². The Morgan fingerprint density at radius 3 is 2.68 bits per heavy atom. The van der Waals surface area contributed by atoms with Crippen molar-refractivity contribution in [3.63, 3.8) is 0 Å². The number of hydrogen-bond acceptors (Lipinski definition) is 4. The summed E-state index contributed by atoms with van der Waals surface area (Å²) in [4.78, 5) is 38.3. The number of carbonyl (C=O) groups is 1. The number of hydrogen-bond donors (Lipinski definition) is 1. The van der Waals surface area contributed by atoms with E-state index in [1.165, 1.54) is 20.1 Å². The Bertz CT molecular complexity index is 1160. The summed E-state index contributed by atoms with van der Waals surface area (Å²) in [6.45, 7) is 2.44. The Balaban J connectivity index is 1.86. The number of aromatic nitrogens is 4. The van der Waals surface area contributed by atoms with Gasteiger partial charge < -0.3 is 5.32 Å². The van der Waals surface area contributed by atoms with Crippen molar-refractivity contribution in [1.82, 2.24) is 24.1 Å². The Morgan fingerprint density at radius 2 is 1.96 bits per heavy atom. The molecule has 3 aromatic rings. The van der Waals surface area contributed by atoms with Crippen LogP contribution < -0.4 is 16.6 Å². The maximum absolute atomic E-state index is 12.9. The largest absolute Gasteiger partial charge is 0.351 e. The van der Waals surface area contributed by atoms with Crippen molar-refractivity contribution >= 4 is 22.6 Å². The van der Waals surface area contributed by atoms with Crippen molar-refractivity contribution in [2.24, 2.45) is 7.05 Å². The second-order valence-corrected chi connectivity index (χ2v) is 7.54. The molecule has 148 valence electrons. The molecule has 0 saturated heterocycles. The standard InChI is InChI=1S/C20H25N5O3/c1-3-11-24-18(27)15-10-9-13(17(26)21-14-7-5-4-6-8-14)12-16(15)25-19(24)22-23(2)20(25)28/h9-10,12,14H,3-8,11H2,1-2H3,(H,21,26). The van der Waals surface area contributed by atoms with E-state index in [9.17, 15) is 14.4 Å². The predicted octanol–water partition coefficient (Wildman–Crippen LogP) is 1.82. The number of aryl methyl sites for hydroxylation is 2. The molecule has 1 N–H and O–H groups in total. The average molecular weight is 383 g/mol. The van der Waals surface area contributed by atoms with Crippen molar-refractivity contribution in [1.29, 1.82) is 0 Å². The second-order valence-electron chi connectivity index (χ2n) is 7.54. The molecule has 8 nitrogen and oxygen atoms in total. The summed E-state index contributed by atoms with van der Waals surface area (Å²) in [5.41, 5.74) is 0.327. The van der Waals surface area contributed by atoms with Gasteiger partial charge in [-0.15, -0.1) is 5.10 Å². The first-order valence-electron chi connectivity index (χ1n) is 9.94. The van der Waals surface area contributed by atoms with Gasteiger partial charge in [-0.3, -0.25) is 14.2 Å². The van der Waals surface area contributed by atoms with Crippen LogP contribution in [0.25, 0.3) is 16.7 Å². The quantitative estimate of drug-likeness (QED) is 0.744. The van der Waals surface area contributed by atoms with Gasteiger partial charge in [0.05, 0.1) is 10.9 Å². The molecule has 0 unspecified atom stereocenters. The van der Waals surface area contributed by atoms with Gasteiger partial charge in [-0.2, -0.15) is 0 Å². The highest BCUT2D eigenvalue weighted by atomic mass is 16.2. The first-order chi connectivity index (χ1) is 13.5. The van der Waals surface area contributed by atoms with Gasteiger partial charge in [-0.05, 0) is 37.5 Å². The van der Waals surface area contributed by atoms with Gasteiger partial charge in [0.15, 0.2) is 0 Å². The Morgan fingerprint density at radius 1 is 1.21 bits per heavy atom. The maximum atomic E-state index is 12.9. The summed E-state index contributed by atoms with van der Waals surface area (Å²) >= 11 is 0. The van der Waals surface area contributed by atoms with Crippen molar-refractivity contribution in [3.05, 3.63) is 44.6 Å².